The highest BCUT2D eigenvalue weighted by atomic mass is 16.4. The molecule has 3 aromatic heterocycles. The molecular weight excluding hydrogens is 1540 g/mol. The molecule has 0 radical (unpaired) electrons. The molecule has 119 heavy (non-hydrogen) atoms. The first kappa shape index (κ1) is 93.6. The number of aliphatic hydroxyl groups excluding tert-OH is 1. The third-order valence-corrected chi connectivity index (χ3v) is 19.5. The topological polar surface area (TPSA) is 589 Å². The third kappa shape index (κ3) is 28.9. The number of carbonyl (C=O) groups excluding carboxylic acids is 14. The predicted molar refractivity (Wildman–Crippen MR) is 433 cm³/mol. The second-order valence-corrected chi connectivity index (χ2v) is 31.9. The number of benzene rings is 3. The van der Waals surface area contributed by atoms with Crippen molar-refractivity contribution >= 4 is 116 Å². The van der Waals surface area contributed by atoms with Gasteiger partial charge in [0, 0.05) is 84.6 Å². The molecule has 0 bridgehead atoms. The van der Waals surface area contributed by atoms with Crippen molar-refractivity contribution in [3.63, 3.8) is 0 Å². The Kier molecular flexibility index (Phi) is 34.2. The Bertz CT molecular complexity index is 4630. The number of rotatable bonds is 23. The highest BCUT2D eigenvalue weighted by Crippen LogP contribution is 2.23. The van der Waals surface area contributed by atoms with Gasteiger partial charge in [-0.2, -0.15) is 0 Å². The van der Waals surface area contributed by atoms with Gasteiger partial charge in [-0.25, -0.2) is 4.98 Å². The monoisotopic (exact) mass is 1650 g/mol. The van der Waals surface area contributed by atoms with E-state index in [2.05, 4.69) is 94.4 Å². The van der Waals surface area contributed by atoms with Gasteiger partial charge in [-0.3, -0.25) is 76.7 Å². The second-order valence-electron chi connectivity index (χ2n) is 31.9. The number of para-hydroxylation sites is 2. The van der Waals surface area contributed by atoms with E-state index in [4.69, 9.17) is 5.73 Å². The lowest BCUT2D eigenvalue weighted by molar-refractivity contribution is -0.141. The van der Waals surface area contributed by atoms with Crippen molar-refractivity contribution in [2.75, 3.05) is 6.54 Å². The molecule has 1 unspecified atom stereocenters. The fraction of sp³-hybridized carbons (Fsp3) is 0.494. The Balaban J connectivity index is 1.33. The predicted octanol–water partition coefficient (Wildman–Crippen LogP) is -1.16. The fourth-order valence-electron chi connectivity index (χ4n) is 13.5. The van der Waals surface area contributed by atoms with E-state index in [0.717, 1.165) is 0 Å². The second kappa shape index (κ2) is 43.6. The number of nitrogens with two attached hydrogens (primary N) is 1. The maximum Gasteiger partial charge on any atom is 0.305 e. The molecule has 1 aliphatic heterocycles. The summed E-state index contributed by atoms with van der Waals surface area (Å²) in [6.45, 7) is 16.1. The van der Waals surface area contributed by atoms with Gasteiger partial charge in [0.25, 0.3) is 0 Å². The molecular formula is C81H111N19O19. The number of primary amides is 1. The van der Waals surface area contributed by atoms with E-state index < -0.39 is 230 Å². The van der Waals surface area contributed by atoms with Crippen LogP contribution in [0.25, 0.3) is 21.8 Å². The molecule has 7 rings (SSSR count). The van der Waals surface area contributed by atoms with E-state index in [1.54, 1.807) is 135 Å². The smallest absolute Gasteiger partial charge is 0.305 e. The van der Waals surface area contributed by atoms with Crippen molar-refractivity contribution in [1.82, 2.24) is 94.4 Å². The molecule has 22 N–H and O–H groups in total. The van der Waals surface area contributed by atoms with Gasteiger partial charge in [0.05, 0.1) is 43.6 Å². The molecule has 4 heterocycles. The molecule has 0 saturated carbocycles. The molecule has 13 atom stereocenters. The zero-order valence-corrected chi connectivity index (χ0v) is 68.4. The van der Waals surface area contributed by atoms with Crippen molar-refractivity contribution in [3.05, 3.63) is 126 Å². The normalized spacial score (nSPS) is 22.3. The first-order valence-corrected chi connectivity index (χ1v) is 39.3. The summed E-state index contributed by atoms with van der Waals surface area (Å²) < 4.78 is 0. The summed E-state index contributed by atoms with van der Waals surface area (Å²) in [4.78, 5) is 241. The molecule has 38 nitrogen and oxygen atoms in total. The molecule has 0 aliphatic carbocycles. The van der Waals surface area contributed by atoms with Crippen LogP contribution in [0.15, 0.2) is 97.7 Å². The number of nitrogens with one attached hydrogen (secondary N) is 17. The molecule has 0 saturated heterocycles. The minimum absolute atomic E-state index is 0.0668. The summed E-state index contributed by atoms with van der Waals surface area (Å²) in [5.41, 5.74) is 7.76. The number of aromatic amines is 3. The Morgan fingerprint density at radius 1 is 0.538 bits per heavy atom. The van der Waals surface area contributed by atoms with E-state index in [1.807, 2.05) is 0 Å². The Hall–Kier alpha value is -12.6. The van der Waals surface area contributed by atoms with E-state index in [-0.39, 0.29) is 60.8 Å². The number of imidazole rings is 1. The average Bonchev–Trinajstić information content (AvgIpc) is 1.62. The van der Waals surface area contributed by atoms with Crippen molar-refractivity contribution in [3.8, 4) is 0 Å². The number of aliphatic hydroxyl groups is 1. The summed E-state index contributed by atoms with van der Waals surface area (Å²) in [5.74, 6) is -18.5. The number of nitrogens with zero attached hydrogens (tertiary/aromatic N) is 1. The van der Waals surface area contributed by atoms with Gasteiger partial charge in [-0.1, -0.05) is 102 Å². The molecule has 3 aromatic carbocycles. The first-order chi connectivity index (χ1) is 56.1. The van der Waals surface area contributed by atoms with Gasteiger partial charge >= 0.3 is 11.9 Å². The van der Waals surface area contributed by atoms with E-state index in [0.29, 0.717) is 32.9 Å². The van der Waals surface area contributed by atoms with Crippen LogP contribution in [0.3, 0.4) is 0 Å². The zero-order valence-electron chi connectivity index (χ0n) is 68.4. The molecule has 0 fully saturated rings. The summed E-state index contributed by atoms with van der Waals surface area (Å²) in [7, 11) is 0. The van der Waals surface area contributed by atoms with E-state index in [9.17, 15) is 77.6 Å². The van der Waals surface area contributed by atoms with Crippen LogP contribution in [0.5, 0.6) is 0 Å². The molecule has 14 amide bonds. The number of H-pyrrole nitrogens is 3. The summed E-state index contributed by atoms with van der Waals surface area (Å²) in [6, 6.07) is 0.774. The quantitative estimate of drug-likeness (QED) is 0.0360. The number of carboxylic acid groups (broad SMARTS) is 2. The van der Waals surface area contributed by atoms with Crippen molar-refractivity contribution in [2.24, 2.45) is 23.5 Å². The van der Waals surface area contributed by atoms with Crippen molar-refractivity contribution in [1.29, 1.82) is 0 Å². The van der Waals surface area contributed by atoms with Crippen molar-refractivity contribution in [2.45, 2.75) is 231 Å². The van der Waals surface area contributed by atoms with Crippen LogP contribution < -0.4 is 80.2 Å². The van der Waals surface area contributed by atoms with Crippen LogP contribution in [-0.4, -0.2) is 221 Å². The number of carbonyl (C=O) groups is 16. The summed E-state index contributed by atoms with van der Waals surface area (Å²) in [5, 5.41) is 68.4. The van der Waals surface area contributed by atoms with Gasteiger partial charge in [0.1, 0.15) is 66.5 Å². The van der Waals surface area contributed by atoms with Crippen LogP contribution in [0, 0.1) is 17.8 Å². The van der Waals surface area contributed by atoms with Crippen LogP contribution in [0.2, 0.25) is 0 Å². The third-order valence-electron chi connectivity index (χ3n) is 19.5. The molecule has 0 spiro atoms. The standard InChI is InChI=1S/C81H111N19O19/c1-40(2)26-55-71(110)87-38-64(103)90-54(24-25-65(104)105)72(111)93-56(27-41(3)4)77(116)98-67(42(5)6)80(119)97-59(30-48-36-85-53-23-17-15-21-51(48)53)75(114)94-57(78(117)99-68(44(8)101)69(82)108)28-45-18-12-13-19-46(45)34-86-63(102)32-61(96-79(118)62(33-66(106)107)100-81(9,10)11)73(112)89-43(7)70(109)91-58(29-47-35-84-52-22-16-14-20-50(47)52)74(113)95-60(76(115)92-55)31-49-37-83-39-88-49/h12-23,35-37,39-44,54-62,67-68,84-85,100-101H,24-34,38H2,1-11H3,(H2,82,108)(H,83,88)(H,86,102)(H,87,110)(H,89,112)(H,90,103)(H,91,109)(H,92,115)(H,93,111)(H,94,114)(H,95,113)(H,96,118)(H,97,119)(H,98,116)(H,99,117)(H,104,105)(H,106,107)/t43-,44+,54-,55-,56-,57-,58-,59-,60-,61?,62-,67-,68-/m0/s1. The van der Waals surface area contributed by atoms with Crippen molar-refractivity contribution < 1.29 is 92.0 Å². The van der Waals surface area contributed by atoms with E-state index >= 15 is 14.4 Å². The Morgan fingerprint density at radius 3 is 1.58 bits per heavy atom. The largest absolute Gasteiger partial charge is 0.481 e. The molecule has 644 valence electrons. The average molecular weight is 1650 g/mol. The van der Waals surface area contributed by atoms with Crippen LogP contribution in [0.4, 0.5) is 0 Å². The van der Waals surface area contributed by atoms with E-state index in [1.165, 1.54) is 38.5 Å². The summed E-state index contributed by atoms with van der Waals surface area (Å²) in [6.07, 6.45) is -0.0925. The van der Waals surface area contributed by atoms with Gasteiger partial charge in [-0.05, 0) is 106 Å². The first-order valence-electron chi connectivity index (χ1n) is 39.3. The van der Waals surface area contributed by atoms with Gasteiger partial charge in [0.2, 0.25) is 82.7 Å². The maximum absolute atomic E-state index is 15.3. The number of fused-ring (bicyclic) bond motifs is 3. The number of aromatic nitrogens is 4. The molecule has 1 aliphatic rings. The van der Waals surface area contributed by atoms with Crippen LogP contribution in [0.1, 0.15) is 143 Å². The Labute approximate surface area is 686 Å². The maximum atomic E-state index is 15.3. The SMILES string of the molecule is CC(C)C[C@@H]1NC(=O)[C@H](Cc2c[nH]cn2)NC(=O)[C@H](Cc2c[nH]c3ccccc23)NC(=O)[C@H](C)NC(=O)C(NC(=O)[C@H](CC(=O)O)NC(C)(C)C)CC(=O)NCc2ccccc2C[C@@H](C(=O)N[C@H](C(N)=O)[C@@H](C)O)NC(=O)[C@H](Cc2c[nH]c3ccccc23)NC(=O)[C@H](C(C)C)NC(=O)[C@H](CC(C)C)NC(=O)[C@H](CCC(=O)O)NC(=O)CNC1=O. The minimum Gasteiger partial charge on any atom is -0.481 e. The highest BCUT2D eigenvalue weighted by molar-refractivity contribution is 6.01. The Morgan fingerprint density at radius 2 is 1.05 bits per heavy atom. The highest BCUT2D eigenvalue weighted by Gasteiger charge is 2.40. The number of hydrogen-bond acceptors (Lipinski definition) is 19. The van der Waals surface area contributed by atoms with Gasteiger partial charge in [-0.15, -0.1) is 0 Å². The minimum atomic E-state index is -1.89. The zero-order chi connectivity index (χ0) is 87.7. The number of carboxylic acids is 2. The lowest BCUT2D eigenvalue weighted by atomic mass is 9.97. The summed E-state index contributed by atoms with van der Waals surface area (Å²) >= 11 is 0. The van der Waals surface area contributed by atoms with Crippen LogP contribution >= 0.6 is 0 Å². The molecule has 38 heteroatoms. The molecule has 6 aromatic rings. The number of amides is 14. The van der Waals surface area contributed by atoms with Crippen LogP contribution in [-0.2, 0) is 109 Å². The number of aliphatic carboxylic acids is 2. The van der Waals surface area contributed by atoms with Gasteiger partial charge in [0.15, 0.2) is 0 Å². The lowest BCUT2D eigenvalue weighted by Crippen LogP contribution is -2.61. The van der Waals surface area contributed by atoms with Gasteiger partial charge < -0.3 is 110 Å². The lowest BCUT2D eigenvalue weighted by Gasteiger charge is -2.29. The number of hydrogen-bond donors (Lipinski definition) is 21. The fourth-order valence-corrected chi connectivity index (χ4v) is 13.5.